The van der Waals surface area contributed by atoms with E-state index >= 15 is 0 Å². The third-order valence-electron chi connectivity index (χ3n) is 3.97. The monoisotopic (exact) mass is 237 g/mol. The first-order valence-corrected chi connectivity index (χ1v) is 6.82. The van der Waals surface area contributed by atoms with Gasteiger partial charge in [-0.25, -0.2) is 0 Å². The summed E-state index contributed by atoms with van der Waals surface area (Å²) in [5.41, 5.74) is 6.05. The number of hydrogen-bond donors (Lipinski definition) is 1. The average molecular weight is 237 g/mol. The minimum Gasteiger partial charge on any atom is -0.339 e. The molecule has 17 heavy (non-hydrogen) atoms. The van der Waals surface area contributed by atoms with Crippen LogP contribution in [0.5, 0.6) is 0 Å². The maximum Gasteiger partial charge on any atom is 0.229 e. The molecule has 96 valence electrons. The fourth-order valence-corrected chi connectivity index (χ4v) is 2.65. The Morgan fingerprint density at radius 3 is 2.47 bits per heavy atom. The molecule has 1 heterocycles. The van der Waals surface area contributed by atoms with Crippen LogP contribution >= 0.6 is 0 Å². The Kier molecular flexibility index (Phi) is 3.82. The molecule has 0 radical (unpaired) electrons. The number of aromatic nitrogens is 2. The first kappa shape index (κ1) is 12.6. The number of nitrogens with two attached hydrogens (primary N) is 1. The summed E-state index contributed by atoms with van der Waals surface area (Å²) in [5.74, 6) is 1.86. The van der Waals surface area contributed by atoms with Gasteiger partial charge in [0.05, 0.1) is 5.54 Å². The normalized spacial score (nSPS) is 19.8. The maximum atomic E-state index is 6.39. The molecule has 2 N–H and O–H groups in total. The Morgan fingerprint density at radius 1 is 1.24 bits per heavy atom. The van der Waals surface area contributed by atoms with Crippen LogP contribution in [0.4, 0.5) is 0 Å². The average Bonchev–Trinajstić information content (AvgIpc) is 2.82. The smallest absolute Gasteiger partial charge is 0.229 e. The van der Waals surface area contributed by atoms with E-state index in [1.54, 1.807) is 0 Å². The van der Waals surface area contributed by atoms with Gasteiger partial charge in [-0.15, -0.1) is 0 Å². The van der Waals surface area contributed by atoms with Crippen LogP contribution in [0, 0.1) is 0 Å². The van der Waals surface area contributed by atoms with E-state index in [0.29, 0.717) is 5.92 Å². The van der Waals surface area contributed by atoms with Crippen molar-refractivity contribution in [2.24, 2.45) is 5.73 Å². The Balaban J connectivity index is 2.16. The van der Waals surface area contributed by atoms with Gasteiger partial charge >= 0.3 is 0 Å². The largest absolute Gasteiger partial charge is 0.339 e. The summed E-state index contributed by atoms with van der Waals surface area (Å²) in [5, 5.41) is 4.12. The SMILES string of the molecule is CCC(CC)c1nc(C2(N)CCCCC2)no1. The molecule has 1 aliphatic rings. The number of hydrogen-bond acceptors (Lipinski definition) is 4. The minimum absolute atomic E-state index is 0.341. The lowest BCUT2D eigenvalue weighted by atomic mass is 9.82. The molecule has 0 saturated heterocycles. The van der Waals surface area contributed by atoms with E-state index in [1.807, 2.05) is 0 Å². The molecule has 0 bridgehead atoms. The highest BCUT2D eigenvalue weighted by molar-refractivity contribution is 5.06. The zero-order valence-electron chi connectivity index (χ0n) is 10.9. The molecular formula is C13H23N3O. The zero-order valence-corrected chi connectivity index (χ0v) is 10.9. The molecule has 2 rings (SSSR count). The summed E-state index contributed by atoms with van der Waals surface area (Å²) < 4.78 is 5.39. The Hall–Kier alpha value is -0.900. The molecule has 1 aromatic rings. The zero-order chi connectivity index (χ0) is 12.3. The van der Waals surface area contributed by atoms with Crippen molar-refractivity contribution in [3.63, 3.8) is 0 Å². The van der Waals surface area contributed by atoms with Crippen LogP contribution in [-0.4, -0.2) is 10.1 Å². The maximum absolute atomic E-state index is 6.39. The second-order valence-electron chi connectivity index (χ2n) is 5.19. The molecule has 0 atom stereocenters. The van der Waals surface area contributed by atoms with Crippen molar-refractivity contribution in [1.82, 2.24) is 10.1 Å². The van der Waals surface area contributed by atoms with Crippen molar-refractivity contribution < 1.29 is 4.52 Å². The van der Waals surface area contributed by atoms with Crippen LogP contribution in [0.3, 0.4) is 0 Å². The first-order valence-electron chi connectivity index (χ1n) is 6.82. The molecule has 4 heteroatoms. The second kappa shape index (κ2) is 5.17. The van der Waals surface area contributed by atoms with Crippen molar-refractivity contribution in [3.8, 4) is 0 Å². The second-order valence-corrected chi connectivity index (χ2v) is 5.19. The quantitative estimate of drug-likeness (QED) is 0.874. The van der Waals surface area contributed by atoms with Gasteiger partial charge in [0.2, 0.25) is 5.89 Å². The van der Waals surface area contributed by atoms with Crippen LogP contribution < -0.4 is 5.73 Å². The highest BCUT2D eigenvalue weighted by Gasteiger charge is 2.34. The molecule has 0 aromatic carbocycles. The van der Waals surface area contributed by atoms with E-state index < -0.39 is 0 Å². The van der Waals surface area contributed by atoms with Gasteiger partial charge in [0.25, 0.3) is 0 Å². The van der Waals surface area contributed by atoms with Gasteiger partial charge in [0, 0.05) is 5.92 Å². The molecule has 0 spiro atoms. The molecule has 0 aliphatic heterocycles. The third kappa shape index (κ3) is 2.51. The molecule has 1 fully saturated rings. The van der Waals surface area contributed by atoms with Gasteiger partial charge < -0.3 is 10.3 Å². The van der Waals surface area contributed by atoms with Gasteiger partial charge in [-0.05, 0) is 25.7 Å². The lowest BCUT2D eigenvalue weighted by Gasteiger charge is -2.29. The van der Waals surface area contributed by atoms with E-state index in [9.17, 15) is 0 Å². The molecule has 0 unspecified atom stereocenters. The lowest BCUT2D eigenvalue weighted by Crippen LogP contribution is -2.39. The highest BCUT2D eigenvalue weighted by Crippen LogP contribution is 2.34. The Labute approximate surface area is 103 Å². The van der Waals surface area contributed by atoms with Crippen LogP contribution in [-0.2, 0) is 5.54 Å². The molecule has 1 saturated carbocycles. The van der Waals surface area contributed by atoms with E-state index in [0.717, 1.165) is 37.4 Å². The summed E-state index contributed by atoms with van der Waals surface area (Å²) in [4.78, 5) is 4.54. The topological polar surface area (TPSA) is 64.9 Å². The predicted molar refractivity (Wildman–Crippen MR) is 66.6 cm³/mol. The summed E-state index contributed by atoms with van der Waals surface area (Å²) in [6.45, 7) is 4.30. The van der Waals surface area contributed by atoms with Crippen molar-refractivity contribution in [2.75, 3.05) is 0 Å². The van der Waals surface area contributed by atoms with Crippen molar-refractivity contribution in [1.29, 1.82) is 0 Å². The van der Waals surface area contributed by atoms with Crippen LogP contribution in [0.25, 0.3) is 0 Å². The van der Waals surface area contributed by atoms with Gasteiger partial charge in [-0.1, -0.05) is 38.3 Å². The van der Waals surface area contributed by atoms with Crippen molar-refractivity contribution in [3.05, 3.63) is 11.7 Å². The molecule has 1 aliphatic carbocycles. The fourth-order valence-electron chi connectivity index (χ4n) is 2.65. The van der Waals surface area contributed by atoms with Gasteiger partial charge in [0.15, 0.2) is 5.82 Å². The molecule has 4 nitrogen and oxygen atoms in total. The van der Waals surface area contributed by atoms with E-state index in [-0.39, 0.29) is 5.54 Å². The van der Waals surface area contributed by atoms with E-state index in [4.69, 9.17) is 10.3 Å². The summed E-state index contributed by atoms with van der Waals surface area (Å²) in [6.07, 6.45) is 7.65. The van der Waals surface area contributed by atoms with Crippen LogP contribution in [0.15, 0.2) is 4.52 Å². The summed E-state index contributed by atoms with van der Waals surface area (Å²) in [6, 6.07) is 0. The fraction of sp³-hybridized carbons (Fsp3) is 0.846. The minimum atomic E-state index is -0.341. The highest BCUT2D eigenvalue weighted by atomic mass is 16.5. The molecular weight excluding hydrogens is 214 g/mol. The Morgan fingerprint density at radius 2 is 1.88 bits per heavy atom. The van der Waals surface area contributed by atoms with Crippen LogP contribution in [0.2, 0.25) is 0 Å². The van der Waals surface area contributed by atoms with Crippen molar-refractivity contribution in [2.45, 2.75) is 70.3 Å². The summed E-state index contributed by atoms with van der Waals surface area (Å²) in [7, 11) is 0. The third-order valence-corrected chi connectivity index (χ3v) is 3.97. The van der Waals surface area contributed by atoms with Crippen LogP contribution in [0.1, 0.15) is 76.4 Å². The van der Waals surface area contributed by atoms with Gasteiger partial charge in [-0.2, -0.15) is 4.98 Å². The number of rotatable bonds is 4. The van der Waals surface area contributed by atoms with Crippen molar-refractivity contribution >= 4 is 0 Å². The van der Waals surface area contributed by atoms with E-state index in [1.165, 1.54) is 19.3 Å². The molecule has 1 aromatic heterocycles. The Bertz CT molecular complexity index is 351. The van der Waals surface area contributed by atoms with Gasteiger partial charge in [-0.3, -0.25) is 0 Å². The number of nitrogens with zero attached hydrogens (tertiary/aromatic N) is 2. The molecule has 0 amide bonds. The standard InChI is InChI=1S/C13H23N3O/c1-3-10(4-2)11-15-12(16-17-11)13(14)8-6-5-7-9-13/h10H,3-9,14H2,1-2H3. The van der Waals surface area contributed by atoms with Gasteiger partial charge in [0.1, 0.15) is 0 Å². The van der Waals surface area contributed by atoms with E-state index in [2.05, 4.69) is 24.0 Å². The predicted octanol–water partition coefficient (Wildman–Crippen LogP) is 3.09. The summed E-state index contributed by atoms with van der Waals surface area (Å²) >= 11 is 0. The lowest BCUT2D eigenvalue weighted by molar-refractivity contribution is 0.271. The first-order chi connectivity index (χ1) is 8.19.